The molecule has 0 radical (unpaired) electrons. The zero-order valence-electron chi connectivity index (χ0n) is 34.3. The number of quaternary nitrogens is 1. The Balaban J connectivity index is 4.35. The van der Waals surface area contributed by atoms with Gasteiger partial charge >= 0.3 is 11.9 Å². The average molecular weight is 758 g/mol. The van der Waals surface area contributed by atoms with Crippen molar-refractivity contribution in [2.24, 2.45) is 0 Å². The molecule has 52 heavy (non-hydrogen) atoms. The molecule has 306 valence electrons. The Morgan fingerprint density at radius 3 is 1.48 bits per heavy atom. The van der Waals surface area contributed by atoms with Crippen molar-refractivity contribution >= 4 is 19.8 Å². The summed E-state index contributed by atoms with van der Waals surface area (Å²) >= 11 is 0. The van der Waals surface area contributed by atoms with Crippen molar-refractivity contribution < 1.29 is 42.1 Å². The highest BCUT2D eigenvalue weighted by Crippen LogP contribution is 2.38. The fraction of sp³-hybridized carbons (Fsp3) is 0.857. The van der Waals surface area contributed by atoms with Gasteiger partial charge in [0.2, 0.25) is 0 Å². The van der Waals surface area contributed by atoms with E-state index in [1.54, 1.807) is 0 Å². The lowest BCUT2D eigenvalue weighted by molar-refractivity contribution is -0.870. The maximum absolute atomic E-state index is 12.6. The molecule has 0 aromatic heterocycles. The lowest BCUT2D eigenvalue weighted by Gasteiger charge is -2.28. The van der Waals surface area contributed by atoms with Crippen molar-refractivity contribution in [1.82, 2.24) is 0 Å². The Bertz CT molecular complexity index is 949. The summed E-state index contributed by atoms with van der Waals surface area (Å²) in [5.41, 5.74) is 0. The van der Waals surface area contributed by atoms with Crippen LogP contribution in [0.5, 0.6) is 0 Å². The lowest BCUT2D eigenvalue weighted by Crippen LogP contribution is -2.37. The molecule has 0 saturated heterocycles. The molecule has 0 heterocycles. The Morgan fingerprint density at radius 1 is 0.577 bits per heavy atom. The van der Waals surface area contributed by atoms with Crippen LogP contribution in [0.4, 0.5) is 0 Å². The number of allylic oxidation sites excluding steroid dienone is 4. The first kappa shape index (κ1) is 50.5. The molecule has 0 N–H and O–H groups in total. The van der Waals surface area contributed by atoms with E-state index in [-0.39, 0.29) is 26.1 Å². The monoisotopic (exact) mass is 758 g/mol. The highest BCUT2D eigenvalue weighted by Gasteiger charge is 2.21. The second kappa shape index (κ2) is 35.2. The summed E-state index contributed by atoms with van der Waals surface area (Å²) in [5, 5.41) is 0. The van der Waals surface area contributed by atoms with Gasteiger partial charge in [0.25, 0.3) is 7.82 Å². The molecule has 2 atom stereocenters. The summed E-state index contributed by atoms with van der Waals surface area (Å²) < 4.78 is 33.8. The van der Waals surface area contributed by atoms with Crippen LogP contribution in [-0.4, -0.2) is 70.0 Å². The minimum Gasteiger partial charge on any atom is -0.756 e. The molecule has 9 nitrogen and oxygen atoms in total. The summed E-state index contributed by atoms with van der Waals surface area (Å²) in [7, 11) is 1.16. The predicted octanol–water partition coefficient (Wildman–Crippen LogP) is 10.9. The topological polar surface area (TPSA) is 111 Å². The summed E-state index contributed by atoms with van der Waals surface area (Å²) in [6.07, 6.45) is 36.3. The minimum absolute atomic E-state index is 0.0322. The van der Waals surface area contributed by atoms with Crippen LogP contribution in [0.2, 0.25) is 0 Å². The largest absolute Gasteiger partial charge is 0.756 e. The zero-order valence-corrected chi connectivity index (χ0v) is 35.2. The van der Waals surface area contributed by atoms with E-state index in [1.807, 2.05) is 21.1 Å². The maximum Gasteiger partial charge on any atom is 0.306 e. The molecule has 0 fully saturated rings. The van der Waals surface area contributed by atoms with Crippen molar-refractivity contribution in [3.05, 3.63) is 24.3 Å². The van der Waals surface area contributed by atoms with Crippen molar-refractivity contribution in [1.29, 1.82) is 0 Å². The van der Waals surface area contributed by atoms with E-state index in [9.17, 15) is 19.0 Å². The third-order valence-electron chi connectivity index (χ3n) is 8.94. The normalized spacial score (nSPS) is 13.9. The predicted molar refractivity (Wildman–Crippen MR) is 213 cm³/mol. The van der Waals surface area contributed by atoms with Crippen LogP contribution in [0.25, 0.3) is 0 Å². The Kier molecular flexibility index (Phi) is 34.2. The maximum atomic E-state index is 12.6. The highest BCUT2D eigenvalue weighted by atomic mass is 31.2. The molecule has 0 saturated carbocycles. The summed E-state index contributed by atoms with van der Waals surface area (Å²) in [6, 6.07) is 0. The molecule has 0 aliphatic heterocycles. The van der Waals surface area contributed by atoms with Crippen molar-refractivity contribution in [2.75, 3.05) is 47.5 Å². The second-order valence-electron chi connectivity index (χ2n) is 15.3. The van der Waals surface area contributed by atoms with Crippen LogP contribution >= 0.6 is 7.82 Å². The summed E-state index contributed by atoms with van der Waals surface area (Å²) in [6.45, 7) is 4.16. The van der Waals surface area contributed by atoms with Gasteiger partial charge in [0.05, 0.1) is 27.7 Å². The summed E-state index contributed by atoms with van der Waals surface area (Å²) in [5.74, 6) is -0.849. The van der Waals surface area contributed by atoms with Gasteiger partial charge < -0.3 is 27.9 Å². The van der Waals surface area contributed by atoms with Gasteiger partial charge in [0.1, 0.15) is 19.8 Å². The number of nitrogens with zero attached hydrogens (tertiary/aromatic N) is 1. The molecule has 0 bridgehead atoms. The molecule has 10 heteroatoms. The van der Waals surface area contributed by atoms with E-state index in [1.165, 1.54) is 77.0 Å². The van der Waals surface area contributed by atoms with Gasteiger partial charge in [-0.1, -0.05) is 134 Å². The molecular formula is C42H80NO8P. The zero-order chi connectivity index (χ0) is 38.6. The number of hydrogen-bond donors (Lipinski definition) is 0. The number of carbonyl (C=O) groups excluding carboxylic acids is 2. The molecule has 0 aliphatic rings. The van der Waals surface area contributed by atoms with Crippen molar-refractivity contribution in [3.63, 3.8) is 0 Å². The van der Waals surface area contributed by atoms with Crippen LogP contribution in [0.15, 0.2) is 24.3 Å². The second-order valence-corrected chi connectivity index (χ2v) is 16.8. The van der Waals surface area contributed by atoms with Crippen molar-refractivity contribution in [3.8, 4) is 0 Å². The number of rotatable bonds is 38. The number of phosphoric ester groups is 1. The first-order chi connectivity index (χ1) is 25.0. The molecule has 0 spiro atoms. The van der Waals surface area contributed by atoms with Crippen LogP contribution in [0, 0.1) is 0 Å². The molecule has 0 aliphatic carbocycles. The van der Waals surface area contributed by atoms with E-state index < -0.39 is 32.5 Å². The van der Waals surface area contributed by atoms with Gasteiger partial charge in [-0.05, 0) is 57.8 Å². The third-order valence-corrected chi connectivity index (χ3v) is 9.91. The summed E-state index contributed by atoms with van der Waals surface area (Å²) in [4.78, 5) is 37.4. The number of likely N-dealkylation sites (N-methyl/N-ethyl adjacent to an activating group) is 1. The van der Waals surface area contributed by atoms with E-state index in [2.05, 4.69) is 38.2 Å². The standard InChI is InChI=1S/C42H80NO8P/c1-6-8-10-12-14-16-18-19-20-21-22-23-25-26-28-30-32-34-41(44)48-38-40(39-50-52(46,47)49-37-36-43(3,4)5)51-42(45)35-33-31-29-27-24-17-15-13-11-9-7-2/h13,15,19-20,40H,6-12,14,16-18,21-39H2,1-5H3/b15-13+,20-19+/t40-/m0/s1. The Morgan fingerprint density at radius 2 is 1.00 bits per heavy atom. The quantitative estimate of drug-likeness (QED) is 0.0201. The molecule has 0 rings (SSSR count). The van der Waals surface area contributed by atoms with Crippen LogP contribution < -0.4 is 4.89 Å². The number of unbranched alkanes of at least 4 members (excludes halogenated alkanes) is 20. The van der Waals surface area contributed by atoms with E-state index in [4.69, 9.17) is 18.5 Å². The van der Waals surface area contributed by atoms with Crippen LogP contribution in [0.1, 0.15) is 181 Å². The van der Waals surface area contributed by atoms with Crippen LogP contribution in [-0.2, 0) is 32.7 Å². The Hall–Kier alpha value is -1.51. The third kappa shape index (κ3) is 38.2. The van der Waals surface area contributed by atoms with Gasteiger partial charge in [-0.3, -0.25) is 14.2 Å². The molecule has 0 aromatic rings. The Labute approximate surface area is 319 Å². The number of esters is 2. The van der Waals surface area contributed by atoms with Gasteiger partial charge in [0, 0.05) is 12.8 Å². The highest BCUT2D eigenvalue weighted by molar-refractivity contribution is 7.45. The van der Waals surface area contributed by atoms with E-state index in [0.29, 0.717) is 17.4 Å². The fourth-order valence-corrected chi connectivity index (χ4v) is 6.30. The smallest absolute Gasteiger partial charge is 0.306 e. The van der Waals surface area contributed by atoms with Crippen LogP contribution in [0.3, 0.4) is 0 Å². The number of ether oxygens (including phenoxy) is 2. The fourth-order valence-electron chi connectivity index (χ4n) is 5.57. The molecule has 1 unspecified atom stereocenters. The SMILES string of the molecule is CCCC/C=C/CCCCCCCC(=O)O[C@@H](COC(=O)CCCCCCCCC/C=C/CCCCCCCC)COP(=O)([O-])OCC[N+](C)(C)C. The van der Waals surface area contributed by atoms with Crippen molar-refractivity contribution in [2.45, 2.75) is 187 Å². The molecule has 0 amide bonds. The first-order valence-electron chi connectivity index (χ1n) is 21.0. The molecular weight excluding hydrogens is 677 g/mol. The first-order valence-corrected chi connectivity index (χ1v) is 22.5. The van der Waals surface area contributed by atoms with E-state index >= 15 is 0 Å². The van der Waals surface area contributed by atoms with Gasteiger partial charge in [-0.15, -0.1) is 0 Å². The number of phosphoric acid groups is 1. The van der Waals surface area contributed by atoms with Gasteiger partial charge in [-0.25, -0.2) is 0 Å². The minimum atomic E-state index is -4.62. The van der Waals surface area contributed by atoms with Gasteiger partial charge in [-0.2, -0.15) is 0 Å². The van der Waals surface area contributed by atoms with Gasteiger partial charge in [0.15, 0.2) is 6.10 Å². The average Bonchev–Trinajstić information content (AvgIpc) is 3.09. The molecule has 0 aromatic carbocycles. The number of hydrogen-bond acceptors (Lipinski definition) is 8. The number of carbonyl (C=O) groups is 2. The van der Waals surface area contributed by atoms with E-state index in [0.717, 1.165) is 70.6 Å². The lowest BCUT2D eigenvalue weighted by atomic mass is 10.1.